The normalized spacial score (nSPS) is 19.4. The molecule has 2 atom stereocenters. The Morgan fingerprint density at radius 3 is 2.77 bits per heavy atom. The number of anilines is 1. The highest BCUT2D eigenvalue weighted by molar-refractivity contribution is 6.00. The summed E-state index contributed by atoms with van der Waals surface area (Å²) < 4.78 is 5.01. The molecule has 0 aliphatic carbocycles. The Morgan fingerprint density at radius 2 is 2.14 bits per heavy atom. The molecule has 22 heavy (non-hydrogen) atoms. The maximum atomic E-state index is 12.2. The number of nitrogens with one attached hydrogen (secondary N) is 1. The lowest BCUT2D eigenvalue weighted by molar-refractivity contribution is -0.127. The first-order valence-electron chi connectivity index (χ1n) is 7.59. The predicted octanol–water partition coefficient (Wildman–Crippen LogP) is 1.81. The van der Waals surface area contributed by atoms with E-state index in [9.17, 15) is 9.59 Å². The molecule has 2 rings (SSSR count). The second kappa shape index (κ2) is 6.92. The molecule has 5 nitrogen and oxygen atoms in total. The van der Waals surface area contributed by atoms with E-state index in [1.54, 1.807) is 12.0 Å². The van der Waals surface area contributed by atoms with E-state index in [2.05, 4.69) is 5.32 Å². The van der Waals surface area contributed by atoms with Crippen LogP contribution in [0.1, 0.15) is 24.5 Å². The van der Waals surface area contributed by atoms with Crippen molar-refractivity contribution in [2.45, 2.75) is 33.2 Å². The van der Waals surface area contributed by atoms with Gasteiger partial charge in [-0.05, 0) is 44.0 Å². The molecule has 1 saturated heterocycles. The molecule has 1 aromatic carbocycles. The molecule has 0 aromatic heterocycles. The van der Waals surface area contributed by atoms with E-state index in [1.165, 1.54) is 5.56 Å². The van der Waals surface area contributed by atoms with Gasteiger partial charge in [-0.2, -0.15) is 0 Å². The maximum Gasteiger partial charge on any atom is 0.227 e. The van der Waals surface area contributed by atoms with E-state index in [1.807, 2.05) is 39.0 Å². The van der Waals surface area contributed by atoms with Gasteiger partial charge in [0.1, 0.15) is 0 Å². The molecule has 0 bridgehead atoms. The summed E-state index contributed by atoms with van der Waals surface area (Å²) in [5, 5.41) is 2.89. The van der Waals surface area contributed by atoms with Gasteiger partial charge in [-0.1, -0.05) is 6.07 Å². The van der Waals surface area contributed by atoms with Crippen molar-refractivity contribution in [3.63, 3.8) is 0 Å². The van der Waals surface area contributed by atoms with Gasteiger partial charge in [0.05, 0.1) is 12.5 Å². The van der Waals surface area contributed by atoms with Gasteiger partial charge in [-0.3, -0.25) is 9.59 Å². The highest BCUT2D eigenvalue weighted by atomic mass is 16.5. The first kappa shape index (κ1) is 16.5. The number of hydrogen-bond donors (Lipinski definition) is 1. The fourth-order valence-corrected chi connectivity index (χ4v) is 2.68. The first-order valence-corrected chi connectivity index (χ1v) is 7.59. The van der Waals surface area contributed by atoms with Gasteiger partial charge in [0.25, 0.3) is 0 Å². The number of hydrogen-bond acceptors (Lipinski definition) is 3. The largest absolute Gasteiger partial charge is 0.383 e. The summed E-state index contributed by atoms with van der Waals surface area (Å²) >= 11 is 0. The average molecular weight is 304 g/mol. The van der Waals surface area contributed by atoms with E-state index >= 15 is 0 Å². The molecule has 1 aliphatic rings. The van der Waals surface area contributed by atoms with Crippen LogP contribution < -0.4 is 10.2 Å². The monoisotopic (exact) mass is 304 g/mol. The Balaban J connectivity index is 2.04. The Labute approximate surface area is 131 Å². The predicted molar refractivity (Wildman–Crippen MR) is 85.9 cm³/mol. The van der Waals surface area contributed by atoms with Gasteiger partial charge in [-0.15, -0.1) is 0 Å². The van der Waals surface area contributed by atoms with Crippen LogP contribution in [-0.2, 0) is 14.3 Å². The van der Waals surface area contributed by atoms with Crippen LogP contribution in [0.5, 0.6) is 0 Å². The van der Waals surface area contributed by atoms with Crippen LogP contribution in [0.25, 0.3) is 0 Å². The SMILES string of the molecule is COC[C@@H](C)NC(=O)[C@H]1CC(=O)N(c2ccc(C)c(C)c2)C1. The van der Waals surface area contributed by atoms with Crippen LogP contribution in [0.4, 0.5) is 5.69 Å². The number of aryl methyl sites for hydroxylation is 2. The van der Waals surface area contributed by atoms with Crippen LogP contribution >= 0.6 is 0 Å². The molecule has 1 fully saturated rings. The van der Waals surface area contributed by atoms with Crippen LogP contribution in [-0.4, -0.2) is 38.1 Å². The molecular formula is C17H24N2O3. The smallest absolute Gasteiger partial charge is 0.227 e. The summed E-state index contributed by atoms with van der Waals surface area (Å²) in [6.45, 7) is 6.85. The fourth-order valence-electron chi connectivity index (χ4n) is 2.68. The Bertz CT molecular complexity index is 571. The molecule has 1 aromatic rings. The Kier molecular flexibility index (Phi) is 5.19. The molecule has 5 heteroatoms. The standard InChI is InChI=1S/C17H24N2O3/c1-11-5-6-15(7-12(11)2)19-9-14(8-16(19)20)17(21)18-13(3)10-22-4/h5-7,13-14H,8-10H2,1-4H3,(H,18,21)/t13-,14+/m1/s1. The topological polar surface area (TPSA) is 58.6 Å². The van der Waals surface area contributed by atoms with E-state index in [-0.39, 0.29) is 30.2 Å². The quantitative estimate of drug-likeness (QED) is 0.902. The van der Waals surface area contributed by atoms with Crippen LogP contribution in [0.2, 0.25) is 0 Å². The van der Waals surface area contributed by atoms with Crippen LogP contribution in [0.3, 0.4) is 0 Å². The fraction of sp³-hybridized carbons (Fsp3) is 0.529. The highest BCUT2D eigenvalue weighted by Crippen LogP contribution is 2.26. The molecule has 120 valence electrons. The molecule has 1 aliphatic heterocycles. The van der Waals surface area contributed by atoms with Crippen LogP contribution in [0, 0.1) is 19.8 Å². The maximum absolute atomic E-state index is 12.2. The van der Waals surface area contributed by atoms with Gasteiger partial charge >= 0.3 is 0 Å². The van der Waals surface area contributed by atoms with Gasteiger partial charge in [0.2, 0.25) is 11.8 Å². The van der Waals surface area contributed by atoms with Gasteiger partial charge < -0.3 is 15.0 Å². The number of carbonyl (C=O) groups is 2. The number of amides is 2. The zero-order valence-electron chi connectivity index (χ0n) is 13.7. The Hall–Kier alpha value is -1.88. The second-order valence-corrected chi connectivity index (χ2v) is 6.04. The van der Waals surface area contributed by atoms with Crippen molar-refractivity contribution >= 4 is 17.5 Å². The van der Waals surface area contributed by atoms with E-state index < -0.39 is 0 Å². The summed E-state index contributed by atoms with van der Waals surface area (Å²) in [7, 11) is 1.60. The van der Waals surface area contributed by atoms with Crippen molar-refractivity contribution in [3.8, 4) is 0 Å². The third-order valence-corrected chi connectivity index (χ3v) is 4.10. The summed E-state index contributed by atoms with van der Waals surface area (Å²) in [4.78, 5) is 26.2. The zero-order valence-corrected chi connectivity index (χ0v) is 13.7. The second-order valence-electron chi connectivity index (χ2n) is 6.04. The minimum atomic E-state index is -0.298. The van der Waals surface area contributed by atoms with Crippen molar-refractivity contribution in [2.75, 3.05) is 25.2 Å². The molecule has 1 N–H and O–H groups in total. The number of ether oxygens (including phenoxy) is 1. The van der Waals surface area contributed by atoms with Gasteiger partial charge in [-0.25, -0.2) is 0 Å². The van der Waals surface area contributed by atoms with E-state index in [0.29, 0.717) is 13.2 Å². The van der Waals surface area contributed by atoms with Crippen molar-refractivity contribution in [1.29, 1.82) is 0 Å². The molecule has 0 unspecified atom stereocenters. The number of carbonyl (C=O) groups excluding carboxylic acids is 2. The van der Waals surface area contributed by atoms with Gasteiger partial charge in [0.15, 0.2) is 0 Å². The molecule has 0 radical (unpaired) electrons. The lowest BCUT2D eigenvalue weighted by Crippen LogP contribution is -2.40. The number of benzene rings is 1. The van der Waals surface area contributed by atoms with Crippen molar-refractivity contribution in [2.24, 2.45) is 5.92 Å². The van der Waals surface area contributed by atoms with Crippen LogP contribution in [0.15, 0.2) is 18.2 Å². The van der Waals surface area contributed by atoms with E-state index in [4.69, 9.17) is 4.74 Å². The zero-order chi connectivity index (χ0) is 16.3. The lowest BCUT2D eigenvalue weighted by atomic mass is 10.1. The average Bonchev–Trinajstić information content (AvgIpc) is 2.84. The Morgan fingerprint density at radius 1 is 1.41 bits per heavy atom. The third kappa shape index (κ3) is 3.65. The van der Waals surface area contributed by atoms with Crippen molar-refractivity contribution in [1.82, 2.24) is 5.32 Å². The summed E-state index contributed by atoms with van der Waals surface area (Å²) in [6.07, 6.45) is 0.262. The van der Waals surface area contributed by atoms with Crippen molar-refractivity contribution < 1.29 is 14.3 Å². The summed E-state index contributed by atoms with van der Waals surface area (Å²) in [5.41, 5.74) is 3.21. The molecular weight excluding hydrogens is 280 g/mol. The van der Waals surface area contributed by atoms with Gasteiger partial charge in [0, 0.05) is 31.8 Å². The minimum Gasteiger partial charge on any atom is -0.383 e. The molecule has 0 saturated carbocycles. The number of rotatable bonds is 5. The summed E-state index contributed by atoms with van der Waals surface area (Å²) in [5.74, 6) is -0.375. The number of methoxy groups -OCH3 is 1. The van der Waals surface area contributed by atoms with E-state index in [0.717, 1.165) is 11.3 Å². The summed E-state index contributed by atoms with van der Waals surface area (Å²) in [6, 6.07) is 5.89. The highest BCUT2D eigenvalue weighted by Gasteiger charge is 2.35. The molecule has 0 spiro atoms. The minimum absolute atomic E-state index is 0.00259. The molecule has 1 heterocycles. The number of nitrogens with zero attached hydrogens (tertiary/aromatic N) is 1. The first-order chi connectivity index (χ1) is 10.4. The molecule has 2 amide bonds. The lowest BCUT2D eigenvalue weighted by Gasteiger charge is -2.19. The van der Waals surface area contributed by atoms with Crippen molar-refractivity contribution in [3.05, 3.63) is 29.3 Å². The third-order valence-electron chi connectivity index (χ3n) is 4.10.